The van der Waals surface area contributed by atoms with E-state index < -0.39 is 5.41 Å². The average molecular weight is 643 g/mol. The summed E-state index contributed by atoms with van der Waals surface area (Å²) in [6, 6.07) is 34.2. The Morgan fingerprint density at radius 2 is 1.42 bits per heavy atom. The Morgan fingerprint density at radius 1 is 0.792 bits per heavy atom. The van der Waals surface area contributed by atoms with Gasteiger partial charge in [0.25, 0.3) is 0 Å². The van der Waals surface area contributed by atoms with Crippen molar-refractivity contribution in [2.75, 3.05) is 6.54 Å². The molecule has 0 fully saturated rings. The van der Waals surface area contributed by atoms with Crippen molar-refractivity contribution in [1.29, 1.82) is 0 Å². The lowest BCUT2D eigenvalue weighted by Gasteiger charge is -2.32. The van der Waals surface area contributed by atoms with Gasteiger partial charge in [0.05, 0.1) is 6.42 Å². The van der Waals surface area contributed by atoms with E-state index in [9.17, 15) is 9.59 Å². The first-order valence-corrected chi connectivity index (χ1v) is 17.4. The second kappa shape index (κ2) is 16.0. The molecule has 0 bridgehead atoms. The number of amides is 2. The van der Waals surface area contributed by atoms with E-state index in [1.54, 1.807) is 0 Å². The summed E-state index contributed by atoms with van der Waals surface area (Å²) in [7, 11) is 0. The van der Waals surface area contributed by atoms with E-state index >= 15 is 0 Å². The largest absolute Gasteiger partial charge is 0.457 e. The van der Waals surface area contributed by atoms with Crippen molar-refractivity contribution in [1.82, 2.24) is 10.6 Å². The number of ether oxygens (including phenoxy) is 1. The standard InChI is InChI=1S/C43H50N2O3/c1-5-33(45-40(46)30-32-20-13-18-28-39(32)48-34-22-11-9-12-23-34)21-10-7-6-8-19-29-43(41(47)44-31-42(2,3)4)37-26-16-14-24-35(37)36-25-15-17-27-38(36)43/h7,9-18,20,22-28,33H,5-6,8,19,21,29-31H2,1-4H3,(H,44,47)(H,45,46). The van der Waals surface area contributed by atoms with Gasteiger partial charge in [0.15, 0.2) is 0 Å². The SMILES string of the molecule is CCC(CC=CCCCCC1(C(=O)NCC(C)(C)C)c2ccccc2-c2ccccc21)NC(=O)Cc1ccccc1Oc1ccccc1. The van der Waals surface area contributed by atoms with Crippen LogP contribution in [0.25, 0.3) is 11.1 Å². The van der Waals surface area contributed by atoms with Gasteiger partial charge in [-0.2, -0.15) is 0 Å². The van der Waals surface area contributed by atoms with Gasteiger partial charge in [0.2, 0.25) is 11.8 Å². The molecule has 0 saturated heterocycles. The van der Waals surface area contributed by atoms with Crippen molar-refractivity contribution in [3.05, 3.63) is 132 Å². The molecule has 4 aromatic carbocycles. The number of hydrogen-bond donors (Lipinski definition) is 2. The first kappa shape index (κ1) is 34.7. The summed E-state index contributed by atoms with van der Waals surface area (Å²) in [5.41, 5.74) is 4.73. The van der Waals surface area contributed by atoms with Crippen molar-refractivity contribution in [2.24, 2.45) is 5.41 Å². The number of carbonyl (C=O) groups excluding carboxylic acids is 2. The normalized spacial score (nSPS) is 13.8. The quantitative estimate of drug-likeness (QED) is 0.100. The Balaban J connectivity index is 1.15. The minimum atomic E-state index is -0.690. The van der Waals surface area contributed by atoms with E-state index in [1.165, 1.54) is 11.1 Å². The van der Waals surface area contributed by atoms with Crippen LogP contribution in [0, 0.1) is 5.41 Å². The first-order valence-electron chi connectivity index (χ1n) is 17.4. The molecule has 250 valence electrons. The number of unbranched alkanes of at least 4 members (excludes halogenated alkanes) is 2. The van der Waals surface area contributed by atoms with E-state index in [0.29, 0.717) is 12.3 Å². The molecular weight excluding hydrogens is 592 g/mol. The summed E-state index contributed by atoms with van der Waals surface area (Å²) in [4.78, 5) is 27.2. The molecule has 48 heavy (non-hydrogen) atoms. The number of benzene rings is 4. The average Bonchev–Trinajstić information content (AvgIpc) is 3.37. The van der Waals surface area contributed by atoms with Gasteiger partial charge in [-0.15, -0.1) is 0 Å². The van der Waals surface area contributed by atoms with Crippen LogP contribution in [0.15, 0.2) is 115 Å². The Hall–Kier alpha value is -4.64. The molecule has 5 nitrogen and oxygen atoms in total. The van der Waals surface area contributed by atoms with Gasteiger partial charge in [-0.1, -0.05) is 131 Å². The fraction of sp³-hybridized carbons (Fsp3) is 0.349. The summed E-state index contributed by atoms with van der Waals surface area (Å²) >= 11 is 0. The Kier molecular flexibility index (Phi) is 11.5. The maximum absolute atomic E-state index is 14.2. The van der Waals surface area contributed by atoms with Crippen LogP contribution in [-0.4, -0.2) is 24.4 Å². The number of carbonyl (C=O) groups is 2. The Labute approximate surface area is 286 Å². The third-order valence-corrected chi connectivity index (χ3v) is 9.14. The van der Waals surface area contributed by atoms with Crippen molar-refractivity contribution < 1.29 is 14.3 Å². The summed E-state index contributed by atoms with van der Waals surface area (Å²) in [5.74, 6) is 1.54. The Bertz CT molecular complexity index is 1660. The lowest BCUT2D eigenvalue weighted by Crippen LogP contribution is -2.46. The van der Waals surface area contributed by atoms with Gasteiger partial charge in [-0.3, -0.25) is 9.59 Å². The molecule has 1 aliphatic carbocycles. The molecule has 0 spiro atoms. The molecule has 0 aromatic heterocycles. The van der Waals surface area contributed by atoms with E-state index in [1.807, 2.05) is 54.6 Å². The number of fused-ring (bicyclic) bond motifs is 3. The molecule has 4 aromatic rings. The van der Waals surface area contributed by atoms with Crippen LogP contribution in [0.3, 0.4) is 0 Å². The van der Waals surface area contributed by atoms with Gasteiger partial charge in [-0.05, 0) is 78.0 Å². The third kappa shape index (κ3) is 8.44. The van der Waals surface area contributed by atoms with Gasteiger partial charge < -0.3 is 15.4 Å². The van der Waals surface area contributed by atoms with Crippen LogP contribution < -0.4 is 15.4 Å². The summed E-state index contributed by atoms with van der Waals surface area (Å²) < 4.78 is 6.05. The molecule has 0 radical (unpaired) electrons. The summed E-state index contributed by atoms with van der Waals surface area (Å²) in [6.07, 6.45) is 9.90. The third-order valence-electron chi connectivity index (χ3n) is 9.14. The van der Waals surface area contributed by atoms with Crippen LogP contribution in [0.1, 0.15) is 82.9 Å². The second-order valence-corrected chi connectivity index (χ2v) is 14.1. The fourth-order valence-corrected chi connectivity index (χ4v) is 6.62. The van der Waals surface area contributed by atoms with Crippen LogP contribution in [0.2, 0.25) is 0 Å². The van der Waals surface area contributed by atoms with E-state index in [4.69, 9.17) is 4.74 Å². The molecule has 0 aliphatic heterocycles. The summed E-state index contributed by atoms with van der Waals surface area (Å²) in [5, 5.41) is 6.53. The Morgan fingerprint density at radius 3 is 2.08 bits per heavy atom. The predicted molar refractivity (Wildman–Crippen MR) is 196 cm³/mol. The molecule has 2 amide bonds. The monoisotopic (exact) mass is 642 g/mol. The van der Waals surface area contributed by atoms with Gasteiger partial charge >= 0.3 is 0 Å². The topological polar surface area (TPSA) is 67.4 Å². The molecule has 5 heteroatoms. The van der Waals surface area contributed by atoms with E-state index in [-0.39, 0.29) is 29.7 Å². The van der Waals surface area contributed by atoms with Crippen molar-refractivity contribution >= 4 is 11.8 Å². The van der Waals surface area contributed by atoms with Crippen LogP contribution >= 0.6 is 0 Å². The fourth-order valence-electron chi connectivity index (χ4n) is 6.62. The zero-order valence-corrected chi connectivity index (χ0v) is 28.9. The van der Waals surface area contributed by atoms with Crippen molar-refractivity contribution in [2.45, 2.75) is 84.1 Å². The summed E-state index contributed by atoms with van der Waals surface area (Å²) in [6.45, 7) is 9.19. The van der Waals surface area contributed by atoms with Gasteiger partial charge in [0, 0.05) is 18.2 Å². The molecule has 5 rings (SSSR count). The minimum absolute atomic E-state index is 0.00360. The first-order chi connectivity index (χ1) is 23.2. The highest BCUT2D eigenvalue weighted by atomic mass is 16.5. The lowest BCUT2D eigenvalue weighted by atomic mass is 9.73. The number of hydrogen-bond acceptors (Lipinski definition) is 3. The van der Waals surface area contributed by atoms with Gasteiger partial charge in [0.1, 0.15) is 16.9 Å². The highest BCUT2D eigenvalue weighted by molar-refractivity contribution is 6.00. The molecular formula is C43H50N2O3. The van der Waals surface area contributed by atoms with Crippen LogP contribution in [-0.2, 0) is 21.4 Å². The zero-order chi connectivity index (χ0) is 34.0. The van der Waals surface area contributed by atoms with Gasteiger partial charge in [-0.25, -0.2) is 0 Å². The highest BCUT2D eigenvalue weighted by Crippen LogP contribution is 2.51. The minimum Gasteiger partial charge on any atom is -0.457 e. The van der Waals surface area contributed by atoms with E-state index in [2.05, 4.69) is 99.0 Å². The van der Waals surface area contributed by atoms with E-state index in [0.717, 1.165) is 61.0 Å². The second-order valence-electron chi connectivity index (χ2n) is 14.1. The molecule has 0 saturated carbocycles. The van der Waals surface area contributed by atoms with Crippen molar-refractivity contribution in [3.63, 3.8) is 0 Å². The van der Waals surface area contributed by atoms with Crippen LogP contribution in [0.4, 0.5) is 0 Å². The molecule has 1 unspecified atom stereocenters. The molecule has 1 atom stereocenters. The maximum Gasteiger partial charge on any atom is 0.235 e. The highest BCUT2D eigenvalue weighted by Gasteiger charge is 2.48. The lowest BCUT2D eigenvalue weighted by molar-refractivity contribution is -0.126. The predicted octanol–water partition coefficient (Wildman–Crippen LogP) is 9.55. The molecule has 2 N–H and O–H groups in total. The molecule has 1 aliphatic rings. The number of para-hydroxylation sites is 2. The van der Waals surface area contributed by atoms with Crippen molar-refractivity contribution in [3.8, 4) is 22.6 Å². The maximum atomic E-state index is 14.2. The molecule has 0 heterocycles. The number of rotatable bonds is 15. The zero-order valence-electron chi connectivity index (χ0n) is 28.9. The van der Waals surface area contributed by atoms with Crippen LogP contribution in [0.5, 0.6) is 11.5 Å². The number of nitrogens with one attached hydrogen (secondary N) is 2. The number of allylic oxidation sites excluding steroid dienone is 1. The smallest absolute Gasteiger partial charge is 0.235 e.